The van der Waals surface area contributed by atoms with Crippen LogP contribution >= 0.6 is 0 Å². The second-order valence-corrected chi connectivity index (χ2v) is 2.97. The summed E-state index contributed by atoms with van der Waals surface area (Å²) in [5, 5.41) is 2.21. The van der Waals surface area contributed by atoms with Gasteiger partial charge in [0.1, 0.15) is 11.2 Å². The van der Waals surface area contributed by atoms with Crippen LogP contribution in [0.1, 0.15) is 0 Å². The minimum Gasteiger partial charge on any atom is -0.456 e. The topological polar surface area (TPSA) is 26.0 Å². The van der Waals surface area contributed by atoms with Crippen LogP contribution in [0, 0.1) is 0 Å². The summed E-state index contributed by atoms with van der Waals surface area (Å²) in [5.41, 5.74) is 1.82. The minimum atomic E-state index is 0.899. The Kier molecular flexibility index (Phi) is 1.19. The number of pyridine rings is 1. The fourth-order valence-electron chi connectivity index (χ4n) is 1.57. The highest BCUT2D eigenvalue weighted by Gasteiger charge is 2.03. The molecule has 0 aliphatic carbocycles. The number of nitrogens with zero attached hydrogens (tertiary/aromatic N) is 1. The molecular weight excluding hydrogens is 162 g/mol. The van der Waals surface area contributed by atoms with E-state index in [2.05, 4.69) is 4.98 Å². The summed E-state index contributed by atoms with van der Waals surface area (Å²) in [6.45, 7) is 0. The quantitative estimate of drug-likeness (QED) is 0.517. The lowest BCUT2D eigenvalue weighted by atomic mass is 10.2. The van der Waals surface area contributed by atoms with Crippen LogP contribution in [0.4, 0.5) is 0 Å². The standard InChI is InChI=1S/C11H7NO/c1-2-4-10-8(3-1)9-7-12-6-5-11(9)13-10/h1-7H. The van der Waals surface area contributed by atoms with Crippen LogP contribution < -0.4 is 0 Å². The number of aromatic nitrogens is 1. The third kappa shape index (κ3) is 0.855. The van der Waals surface area contributed by atoms with Crippen molar-refractivity contribution in [2.75, 3.05) is 0 Å². The largest absolute Gasteiger partial charge is 0.456 e. The zero-order chi connectivity index (χ0) is 8.67. The minimum absolute atomic E-state index is 0.899. The van der Waals surface area contributed by atoms with Crippen molar-refractivity contribution in [2.24, 2.45) is 0 Å². The summed E-state index contributed by atoms with van der Waals surface area (Å²) in [7, 11) is 0. The van der Waals surface area contributed by atoms with Crippen LogP contribution in [0.3, 0.4) is 0 Å². The highest BCUT2D eigenvalue weighted by molar-refractivity contribution is 6.04. The first-order valence-corrected chi connectivity index (χ1v) is 4.16. The highest BCUT2D eigenvalue weighted by Crippen LogP contribution is 2.26. The molecule has 62 valence electrons. The van der Waals surface area contributed by atoms with E-state index in [1.54, 1.807) is 6.20 Å². The predicted molar refractivity (Wildman–Crippen MR) is 51.5 cm³/mol. The lowest BCUT2D eigenvalue weighted by Gasteiger charge is -1.84. The molecule has 0 spiro atoms. The molecule has 0 amide bonds. The molecule has 0 aliphatic rings. The van der Waals surface area contributed by atoms with E-state index in [0.717, 1.165) is 21.9 Å². The average molecular weight is 169 g/mol. The van der Waals surface area contributed by atoms with Gasteiger partial charge in [0, 0.05) is 23.2 Å². The van der Waals surface area contributed by atoms with Gasteiger partial charge >= 0.3 is 0 Å². The summed E-state index contributed by atoms with van der Waals surface area (Å²) < 4.78 is 5.61. The van der Waals surface area contributed by atoms with E-state index < -0.39 is 0 Å². The molecule has 2 heteroatoms. The number of para-hydroxylation sites is 1. The Bertz CT molecular complexity index is 518. The highest BCUT2D eigenvalue weighted by atomic mass is 16.3. The fourth-order valence-corrected chi connectivity index (χ4v) is 1.57. The summed E-state index contributed by atoms with van der Waals surface area (Å²) in [4.78, 5) is 4.08. The number of hydrogen-bond donors (Lipinski definition) is 0. The summed E-state index contributed by atoms with van der Waals surface area (Å²) >= 11 is 0. The summed E-state index contributed by atoms with van der Waals surface area (Å²) in [6, 6.07) is 9.87. The molecular formula is C11H7NO. The predicted octanol–water partition coefficient (Wildman–Crippen LogP) is 2.98. The van der Waals surface area contributed by atoms with E-state index in [4.69, 9.17) is 4.42 Å². The second kappa shape index (κ2) is 2.33. The van der Waals surface area contributed by atoms with Crippen molar-refractivity contribution >= 4 is 21.9 Å². The molecule has 3 aromatic rings. The third-order valence-electron chi connectivity index (χ3n) is 2.18. The van der Waals surface area contributed by atoms with Crippen LogP contribution in [0.25, 0.3) is 21.9 Å². The van der Waals surface area contributed by atoms with Crippen LogP contribution in [0.15, 0.2) is 47.1 Å². The number of rotatable bonds is 0. The van der Waals surface area contributed by atoms with Gasteiger partial charge in [0.05, 0.1) is 0 Å². The van der Waals surface area contributed by atoms with Crippen molar-refractivity contribution in [3.05, 3.63) is 42.7 Å². The van der Waals surface area contributed by atoms with E-state index >= 15 is 0 Å². The molecule has 0 radical (unpaired) electrons. The van der Waals surface area contributed by atoms with E-state index in [1.165, 1.54) is 0 Å². The number of hydrogen-bond acceptors (Lipinski definition) is 2. The molecule has 0 aliphatic heterocycles. The van der Waals surface area contributed by atoms with Crippen molar-refractivity contribution < 1.29 is 4.42 Å². The van der Waals surface area contributed by atoms with Gasteiger partial charge in [-0.25, -0.2) is 0 Å². The Morgan fingerprint density at radius 3 is 2.77 bits per heavy atom. The van der Waals surface area contributed by atoms with E-state index in [1.807, 2.05) is 36.5 Å². The average Bonchev–Trinajstić information content (AvgIpc) is 2.56. The summed E-state index contributed by atoms with van der Waals surface area (Å²) in [6.07, 6.45) is 3.58. The lowest BCUT2D eigenvalue weighted by Crippen LogP contribution is -1.67. The molecule has 0 saturated carbocycles. The van der Waals surface area contributed by atoms with Gasteiger partial charge in [-0.2, -0.15) is 0 Å². The molecule has 2 nitrogen and oxygen atoms in total. The van der Waals surface area contributed by atoms with E-state index in [0.29, 0.717) is 0 Å². The first kappa shape index (κ1) is 6.66. The van der Waals surface area contributed by atoms with Crippen LogP contribution in [0.5, 0.6) is 0 Å². The van der Waals surface area contributed by atoms with Crippen LogP contribution in [0.2, 0.25) is 0 Å². The van der Waals surface area contributed by atoms with Crippen molar-refractivity contribution in [3.63, 3.8) is 0 Å². The molecule has 3 rings (SSSR count). The molecule has 1 aromatic carbocycles. The Hall–Kier alpha value is -1.83. The van der Waals surface area contributed by atoms with Crippen molar-refractivity contribution in [1.82, 2.24) is 4.98 Å². The van der Waals surface area contributed by atoms with Gasteiger partial charge in [-0.3, -0.25) is 4.98 Å². The van der Waals surface area contributed by atoms with Gasteiger partial charge in [0.2, 0.25) is 0 Å². The molecule has 0 saturated heterocycles. The van der Waals surface area contributed by atoms with Crippen molar-refractivity contribution in [1.29, 1.82) is 0 Å². The molecule has 0 bridgehead atoms. The van der Waals surface area contributed by atoms with Crippen molar-refractivity contribution in [3.8, 4) is 0 Å². The van der Waals surface area contributed by atoms with Crippen LogP contribution in [-0.2, 0) is 0 Å². The smallest absolute Gasteiger partial charge is 0.138 e. The molecule has 13 heavy (non-hydrogen) atoms. The maximum absolute atomic E-state index is 5.61. The zero-order valence-electron chi connectivity index (χ0n) is 6.90. The van der Waals surface area contributed by atoms with Gasteiger partial charge in [0.15, 0.2) is 0 Å². The van der Waals surface area contributed by atoms with E-state index in [-0.39, 0.29) is 0 Å². The maximum atomic E-state index is 5.61. The Morgan fingerprint density at radius 1 is 0.923 bits per heavy atom. The monoisotopic (exact) mass is 169 g/mol. The van der Waals surface area contributed by atoms with E-state index in [9.17, 15) is 0 Å². The molecule has 0 unspecified atom stereocenters. The lowest BCUT2D eigenvalue weighted by molar-refractivity contribution is 0.668. The molecule has 0 atom stereocenters. The summed E-state index contributed by atoms with van der Waals surface area (Å²) in [5.74, 6) is 0. The normalized spacial score (nSPS) is 11.1. The van der Waals surface area contributed by atoms with Gasteiger partial charge in [-0.05, 0) is 12.1 Å². The first-order valence-electron chi connectivity index (χ1n) is 4.16. The van der Waals surface area contributed by atoms with Crippen LogP contribution in [-0.4, -0.2) is 4.98 Å². The Balaban J connectivity index is 2.64. The number of furan rings is 1. The van der Waals surface area contributed by atoms with Crippen molar-refractivity contribution in [2.45, 2.75) is 0 Å². The molecule has 2 aromatic heterocycles. The van der Waals surface area contributed by atoms with Gasteiger partial charge < -0.3 is 4.42 Å². The fraction of sp³-hybridized carbons (Fsp3) is 0. The Labute approximate surface area is 74.8 Å². The van der Waals surface area contributed by atoms with Gasteiger partial charge in [0.25, 0.3) is 0 Å². The third-order valence-corrected chi connectivity index (χ3v) is 2.18. The second-order valence-electron chi connectivity index (χ2n) is 2.97. The Morgan fingerprint density at radius 2 is 1.77 bits per heavy atom. The first-order chi connectivity index (χ1) is 6.45. The zero-order valence-corrected chi connectivity index (χ0v) is 6.90. The van der Waals surface area contributed by atoms with Gasteiger partial charge in [-0.1, -0.05) is 18.2 Å². The molecule has 2 heterocycles. The molecule has 0 fully saturated rings. The number of fused-ring (bicyclic) bond motifs is 3. The maximum Gasteiger partial charge on any atom is 0.138 e. The van der Waals surface area contributed by atoms with Gasteiger partial charge in [-0.15, -0.1) is 0 Å². The molecule has 0 N–H and O–H groups in total. The number of benzene rings is 1. The SMILES string of the molecule is c1ccc2c(c1)oc1ccncc12.